The minimum Gasteiger partial charge on any atom is -0.497 e. The fraction of sp³-hybridized carbons (Fsp3) is 0.350. The Kier molecular flexibility index (Phi) is 7.42. The van der Waals surface area contributed by atoms with Gasteiger partial charge in [0.1, 0.15) is 11.5 Å². The number of benzene rings is 2. The third kappa shape index (κ3) is 5.97. The molecule has 8 heteroatoms. The van der Waals surface area contributed by atoms with Gasteiger partial charge in [-0.1, -0.05) is 12.1 Å². The van der Waals surface area contributed by atoms with Crippen LogP contribution in [0.5, 0.6) is 11.5 Å². The van der Waals surface area contributed by atoms with Crippen molar-refractivity contribution < 1.29 is 22.7 Å². The number of hydrogen-bond acceptors (Lipinski definition) is 5. The number of hydrogen-bond donors (Lipinski definition) is 2. The summed E-state index contributed by atoms with van der Waals surface area (Å²) in [7, 11) is -0.614. The lowest BCUT2D eigenvalue weighted by Crippen LogP contribution is -2.30. The van der Waals surface area contributed by atoms with E-state index in [9.17, 15) is 13.2 Å². The van der Waals surface area contributed by atoms with Crippen molar-refractivity contribution in [3.05, 3.63) is 48.0 Å². The number of methoxy groups -OCH3 is 2. The van der Waals surface area contributed by atoms with Gasteiger partial charge in [-0.25, -0.2) is 13.1 Å². The zero-order valence-electron chi connectivity index (χ0n) is 16.5. The maximum absolute atomic E-state index is 12.4. The topological polar surface area (TPSA) is 93.7 Å². The Bertz CT molecular complexity index is 909. The zero-order chi connectivity index (χ0) is 20.7. The summed E-state index contributed by atoms with van der Waals surface area (Å²) in [5, 5.41) is 2.74. The highest BCUT2D eigenvalue weighted by Gasteiger charge is 2.18. The van der Waals surface area contributed by atoms with Gasteiger partial charge in [0.25, 0.3) is 0 Å². The number of rotatable bonds is 9. The highest BCUT2D eigenvalue weighted by Crippen LogP contribution is 2.28. The molecule has 7 nitrogen and oxygen atoms in total. The van der Waals surface area contributed by atoms with Gasteiger partial charge in [-0.3, -0.25) is 4.79 Å². The first-order valence-electron chi connectivity index (χ1n) is 8.88. The van der Waals surface area contributed by atoms with Crippen molar-refractivity contribution in [2.45, 2.75) is 37.6 Å². The molecule has 0 bridgehead atoms. The predicted molar refractivity (Wildman–Crippen MR) is 108 cm³/mol. The van der Waals surface area contributed by atoms with Crippen LogP contribution in [0.3, 0.4) is 0 Å². The molecule has 1 amide bonds. The summed E-state index contributed by atoms with van der Waals surface area (Å²) in [5.74, 6) is 0.910. The minimum atomic E-state index is -3.67. The van der Waals surface area contributed by atoms with E-state index in [4.69, 9.17) is 9.47 Å². The van der Waals surface area contributed by atoms with Crippen LogP contribution in [0.25, 0.3) is 0 Å². The maximum atomic E-state index is 12.4. The van der Waals surface area contributed by atoms with E-state index in [1.807, 2.05) is 24.3 Å². The molecule has 0 aliphatic heterocycles. The smallest absolute Gasteiger partial charge is 0.240 e. The maximum Gasteiger partial charge on any atom is 0.240 e. The van der Waals surface area contributed by atoms with E-state index >= 15 is 0 Å². The first-order valence-corrected chi connectivity index (χ1v) is 10.4. The molecule has 2 N–H and O–H groups in total. The van der Waals surface area contributed by atoms with Crippen molar-refractivity contribution in [2.24, 2.45) is 0 Å². The molecule has 2 aromatic rings. The van der Waals surface area contributed by atoms with Crippen molar-refractivity contribution in [2.75, 3.05) is 19.5 Å². The molecule has 0 saturated heterocycles. The van der Waals surface area contributed by atoms with Crippen molar-refractivity contribution in [1.82, 2.24) is 4.72 Å². The van der Waals surface area contributed by atoms with Gasteiger partial charge in [-0.2, -0.15) is 0 Å². The first-order chi connectivity index (χ1) is 13.2. The second-order valence-electron chi connectivity index (χ2n) is 6.53. The van der Waals surface area contributed by atoms with Crippen LogP contribution in [-0.2, 0) is 21.2 Å². The Morgan fingerprint density at radius 3 is 2.29 bits per heavy atom. The second kappa shape index (κ2) is 9.57. The van der Waals surface area contributed by atoms with Crippen LogP contribution in [0, 0.1) is 0 Å². The summed E-state index contributed by atoms with van der Waals surface area (Å²) in [5.41, 5.74) is 1.31. The normalized spacial score (nSPS) is 11.3. The first kappa shape index (κ1) is 21.7. The Morgan fingerprint density at radius 2 is 1.71 bits per heavy atom. The number of nitrogens with one attached hydrogen (secondary N) is 2. The van der Waals surface area contributed by atoms with Gasteiger partial charge in [-0.05, 0) is 56.2 Å². The van der Waals surface area contributed by atoms with E-state index < -0.39 is 10.0 Å². The fourth-order valence-corrected chi connectivity index (χ4v) is 3.87. The minimum absolute atomic E-state index is 0.0625. The van der Waals surface area contributed by atoms with Crippen LogP contribution >= 0.6 is 0 Å². The molecule has 0 aromatic heterocycles. The van der Waals surface area contributed by atoms with Crippen molar-refractivity contribution in [1.29, 1.82) is 0 Å². The number of carbonyl (C=O) groups excluding carboxylic acids is 1. The second-order valence-corrected chi connectivity index (χ2v) is 8.25. The van der Waals surface area contributed by atoms with Crippen LogP contribution in [0.1, 0.15) is 25.8 Å². The molecule has 0 unspecified atom stereocenters. The number of ether oxygens (including phenoxy) is 2. The molecule has 0 atom stereocenters. The van der Waals surface area contributed by atoms with E-state index in [2.05, 4.69) is 10.0 Å². The highest BCUT2D eigenvalue weighted by atomic mass is 32.2. The van der Waals surface area contributed by atoms with Gasteiger partial charge in [0, 0.05) is 12.5 Å². The molecule has 0 fully saturated rings. The van der Waals surface area contributed by atoms with Crippen LogP contribution in [0.4, 0.5) is 5.69 Å². The average molecular weight is 407 g/mol. The molecule has 0 aliphatic carbocycles. The largest absolute Gasteiger partial charge is 0.497 e. The van der Waals surface area contributed by atoms with Crippen molar-refractivity contribution >= 4 is 21.6 Å². The highest BCUT2D eigenvalue weighted by molar-refractivity contribution is 7.89. The van der Waals surface area contributed by atoms with E-state index in [1.54, 1.807) is 21.0 Å². The van der Waals surface area contributed by atoms with Crippen LogP contribution in [-0.4, -0.2) is 34.6 Å². The summed E-state index contributed by atoms with van der Waals surface area (Å²) in [6.45, 7) is 3.48. The number of anilines is 1. The lowest BCUT2D eigenvalue weighted by atomic mass is 10.1. The Labute approximate surface area is 166 Å². The van der Waals surface area contributed by atoms with Gasteiger partial charge >= 0.3 is 0 Å². The standard InChI is InChI=1S/C20H26N2O5S/c1-14(2)22-28(24,25)17-10-11-19(27-4)18(13-17)21-20(23)12-7-15-5-8-16(26-3)9-6-15/h5-6,8-11,13-14,22H,7,12H2,1-4H3,(H,21,23). The van der Waals surface area contributed by atoms with Gasteiger partial charge in [0.05, 0.1) is 24.8 Å². The number of sulfonamides is 1. The van der Waals surface area contributed by atoms with E-state index in [-0.39, 0.29) is 23.3 Å². The summed E-state index contributed by atoms with van der Waals surface area (Å²) in [6, 6.07) is 11.6. The zero-order valence-corrected chi connectivity index (χ0v) is 17.3. The monoisotopic (exact) mass is 406 g/mol. The number of aryl methyl sites for hydroxylation is 1. The molecule has 152 valence electrons. The Morgan fingerprint density at radius 1 is 1.04 bits per heavy atom. The molecule has 0 heterocycles. The number of carbonyl (C=O) groups is 1. The Hall–Kier alpha value is -2.58. The van der Waals surface area contributed by atoms with Crippen molar-refractivity contribution in [3.8, 4) is 11.5 Å². The molecule has 0 radical (unpaired) electrons. The van der Waals surface area contributed by atoms with Crippen molar-refractivity contribution in [3.63, 3.8) is 0 Å². The quantitative estimate of drug-likeness (QED) is 0.668. The van der Waals surface area contributed by atoms with Crippen LogP contribution in [0.15, 0.2) is 47.4 Å². The van der Waals surface area contributed by atoms with E-state index in [0.717, 1.165) is 11.3 Å². The fourth-order valence-electron chi connectivity index (χ4n) is 2.59. The molecular formula is C20H26N2O5S. The molecule has 2 aromatic carbocycles. The number of amides is 1. The van der Waals surface area contributed by atoms with E-state index in [1.165, 1.54) is 25.3 Å². The van der Waals surface area contributed by atoms with Crippen LogP contribution < -0.4 is 19.5 Å². The molecular weight excluding hydrogens is 380 g/mol. The molecule has 28 heavy (non-hydrogen) atoms. The Balaban J connectivity index is 2.10. The lowest BCUT2D eigenvalue weighted by Gasteiger charge is -2.14. The summed E-state index contributed by atoms with van der Waals surface area (Å²) < 4.78 is 37.6. The van der Waals surface area contributed by atoms with Gasteiger partial charge in [0.15, 0.2) is 0 Å². The van der Waals surface area contributed by atoms with Gasteiger partial charge < -0.3 is 14.8 Å². The third-order valence-corrected chi connectivity index (χ3v) is 5.60. The molecule has 0 saturated carbocycles. The van der Waals surface area contributed by atoms with Gasteiger partial charge in [-0.15, -0.1) is 0 Å². The SMILES string of the molecule is COc1ccc(CCC(=O)Nc2cc(S(=O)(=O)NC(C)C)ccc2OC)cc1. The lowest BCUT2D eigenvalue weighted by molar-refractivity contribution is -0.116. The summed E-state index contributed by atoms with van der Waals surface area (Å²) in [4.78, 5) is 12.4. The van der Waals surface area contributed by atoms with Gasteiger partial charge in [0.2, 0.25) is 15.9 Å². The van der Waals surface area contributed by atoms with E-state index in [0.29, 0.717) is 17.9 Å². The summed E-state index contributed by atoms with van der Waals surface area (Å²) >= 11 is 0. The average Bonchev–Trinajstić information content (AvgIpc) is 2.65. The molecule has 0 aliphatic rings. The predicted octanol–water partition coefficient (Wildman–Crippen LogP) is 2.96. The molecule has 2 rings (SSSR count). The molecule has 0 spiro atoms. The summed E-state index contributed by atoms with van der Waals surface area (Å²) in [6.07, 6.45) is 0.793. The van der Waals surface area contributed by atoms with Crippen LogP contribution in [0.2, 0.25) is 0 Å². The third-order valence-electron chi connectivity index (χ3n) is 3.95.